The lowest BCUT2D eigenvalue weighted by Crippen LogP contribution is -2.44. The molecular formula is C25H32FN3O2. The van der Waals surface area contributed by atoms with Gasteiger partial charge >= 0.3 is 0 Å². The van der Waals surface area contributed by atoms with Crippen molar-refractivity contribution in [2.75, 3.05) is 32.8 Å². The fourth-order valence-corrected chi connectivity index (χ4v) is 4.61. The summed E-state index contributed by atoms with van der Waals surface area (Å²) >= 11 is 0. The van der Waals surface area contributed by atoms with Gasteiger partial charge in [0, 0.05) is 44.2 Å². The first kappa shape index (κ1) is 21.9. The Morgan fingerprint density at radius 2 is 1.87 bits per heavy atom. The number of halogens is 1. The van der Waals surface area contributed by atoms with E-state index in [1.807, 2.05) is 29.2 Å². The number of nitrogens with zero attached hydrogens (tertiary/aromatic N) is 3. The number of amides is 1. The normalized spacial score (nSPS) is 20.1. The Morgan fingerprint density at radius 1 is 1.10 bits per heavy atom. The summed E-state index contributed by atoms with van der Waals surface area (Å²) in [7, 11) is 0. The monoisotopic (exact) mass is 425 g/mol. The molecule has 31 heavy (non-hydrogen) atoms. The van der Waals surface area contributed by atoms with Crippen molar-refractivity contribution >= 4 is 5.91 Å². The molecule has 0 bridgehead atoms. The Balaban J connectivity index is 1.32. The molecule has 2 aliphatic rings. The lowest BCUT2D eigenvalue weighted by atomic mass is 9.95. The molecule has 2 aliphatic heterocycles. The fourth-order valence-electron chi connectivity index (χ4n) is 4.61. The molecular weight excluding hydrogens is 393 g/mol. The van der Waals surface area contributed by atoms with Crippen molar-refractivity contribution in [1.82, 2.24) is 14.8 Å². The summed E-state index contributed by atoms with van der Waals surface area (Å²) in [5.41, 5.74) is 1.76. The van der Waals surface area contributed by atoms with E-state index in [0.717, 1.165) is 63.1 Å². The number of benzene rings is 1. The van der Waals surface area contributed by atoms with E-state index in [0.29, 0.717) is 25.4 Å². The van der Waals surface area contributed by atoms with E-state index in [4.69, 9.17) is 4.74 Å². The predicted octanol–water partition coefficient (Wildman–Crippen LogP) is 3.68. The van der Waals surface area contributed by atoms with E-state index in [2.05, 4.69) is 9.88 Å². The molecule has 1 atom stereocenters. The Labute approximate surface area is 184 Å². The number of aromatic nitrogens is 1. The van der Waals surface area contributed by atoms with Crippen molar-refractivity contribution in [1.29, 1.82) is 0 Å². The highest BCUT2D eigenvalue weighted by atomic mass is 19.1. The minimum atomic E-state index is -0.130. The van der Waals surface area contributed by atoms with E-state index in [9.17, 15) is 9.18 Å². The van der Waals surface area contributed by atoms with Crippen molar-refractivity contribution in [3.8, 4) is 0 Å². The van der Waals surface area contributed by atoms with Crippen molar-refractivity contribution in [3.63, 3.8) is 0 Å². The molecule has 0 N–H and O–H groups in total. The van der Waals surface area contributed by atoms with E-state index in [1.54, 1.807) is 18.5 Å². The number of hydrogen-bond acceptors (Lipinski definition) is 4. The average Bonchev–Trinajstić information content (AvgIpc) is 3.30. The van der Waals surface area contributed by atoms with Gasteiger partial charge in [0.25, 0.3) is 0 Å². The van der Waals surface area contributed by atoms with Crippen LogP contribution in [0.4, 0.5) is 4.39 Å². The van der Waals surface area contributed by atoms with E-state index in [-0.39, 0.29) is 17.8 Å². The van der Waals surface area contributed by atoms with Gasteiger partial charge in [0.2, 0.25) is 5.91 Å². The predicted molar refractivity (Wildman–Crippen MR) is 118 cm³/mol. The van der Waals surface area contributed by atoms with Crippen molar-refractivity contribution in [2.45, 2.75) is 44.8 Å². The van der Waals surface area contributed by atoms with Crippen LogP contribution in [0.15, 0.2) is 48.8 Å². The Kier molecular flexibility index (Phi) is 7.65. The standard InChI is InChI=1S/C25H32FN3O2/c26-24-6-2-1-4-22(24)18-28-13-9-21(10-14-28)17-29(19-23-5-3-15-31-23)25(30)16-20-7-11-27-12-8-20/h1-2,4,6-8,11-12,21,23H,3,5,9-10,13-19H2. The highest BCUT2D eigenvalue weighted by Gasteiger charge is 2.27. The zero-order valence-electron chi connectivity index (χ0n) is 18.1. The fraction of sp³-hybridized carbons (Fsp3) is 0.520. The van der Waals surface area contributed by atoms with Crippen molar-refractivity contribution in [3.05, 3.63) is 65.7 Å². The van der Waals surface area contributed by atoms with Crippen LogP contribution in [0.1, 0.15) is 36.8 Å². The number of piperidine rings is 1. The number of pyridine rings is 1. The highest BCUT2D eigenvalue weighted by Crippen LogP contribution is 2.23. The number of hydrogen-bond donors (Lipinski definition) is 0. The minimum Gasteiger partial charge on any atom is -0.376 e. The lowest BCUT2D eigenvalue weighted by Gasteiger charge is -2.35. The molecule has 3 heterocycles. The molecule has 5 nitrogen and oxygen atoms in total. The van der Waals surface area contributed by atoms with Crippen molar-refractivity contribution in [2.24, 2.45) is 5.92 Å². The molecule has 1 unspecified atom stereocenters. The SMILES string of the molecule is O=C(Cc1ccncc1)N(CC1CCN(Cc2ccccc2F)CC1)CC1CCCO1. The number of likely N-dealkylation sites (tertiary alicyclic amines) is 1. The maximum Gasteiger partial charge on any atom is 0.227 e. The van der Waals surface area contributed by atoms with Gasteiger partial charge in [-0.3, -0.25) is 14.7 Å². The Hall–Kier alpha value is -2.31. The summed E-state index contributed by atoms with van der Waals surface area (Å²) in [5, 5.41) is 0. The number of carbonyl (C=O) groups excluding carboxylic acids is 1. The molecule has 166 valence electrons. The number of carbonyl (C=O) groups is 1. The van der Waals surface area contributed by atoms with Crippen LogP contribution in [0.3, 0.4) is 0 Å². The molecule has 4 rings (SSSR count). The lowest BCUT2D eigenvalue weighted by molar-refractivity contribution is -0.133. The molecule has 2 saturated heterocycles. The minimum absolute atomic E-state index is 0.130. The molecule has 0 aliphatic carbocycles. The maximum atomic E-state index is 14.0. The number of rotatable bonds is 8. The van der Waals surface area contributed by atoms with Gasteiger partial charge in [0.15, 0.2) is 0 Å². The summed E-state index contributed by atoms with van der Waals surface area (Å²) in [5.74, 6) is 0.504. The first-order valence-electron chi connectivity index (χ1n) is 11.4. The van der Waals surface area contributed by atoms with Crippen LogP contribution < -0.4 is 0 Å². The molecule has 0 spiro atoms. The van der Waals surface area contributed by atoms with E-state index < -0.39 is 0 Å². The smallest absolute Gasteiger partial charge is 0.227 e. The highest BCUT2D eigenvalue weighted by molar-refractivity contribution is 5.78. The largest absolute Gasteiger partial charge is 0.376 e. The van der Waals surface area contributed by atoms with Gasteiger partial charge in [-0.1, -0.05) is 18.2 Å². The molecule has 2 fully saturated rings. The van der Waals surface area contributed by atoms with Crippen LogP contribution in [0.25, 0.3) is 0 Å². The van der Waals surface area contributed by atoms with Crippen LogP contribution in [0.5, 0.6) is 0 Å². The van der Waals surface area contributed by atoms with Crippen LogP contribution in [-0.4, -0.2) is 59.6 Å². The molecule has 6 heteroatoms. The van der Waals surface area contributed by atoms with Gasteiger partial charge in [-0.15, -0.1) is 0 Å². The first-order valence-corrected chi connectivity index (χ1v) is 11.4. The summed E-state index contributed by atoms with van der Waals surface area (Å²) < 4.78 is 19.8. The summed E-state index contributed by atoms with van der Waals surface area (Å²) in [6, 6.07) is 10.8. The zero-order chi connectivity index (χ0) is 21.5. The van der Waals surface area contributed by atoms with Gasteiger partial charge < -0.3 is 9.64 Å². The first-order chi connectivity index (χ1) is 15.2. The Morgan fingerprint density at radius 3 is 2.58 bits per heavy atom. The van der Waals surface area contributed by atoms with E-state index in [1.165, 1.54) is 6.07 Å². The Bertz CT molecular complexity index is 834. The molecule has 2 aromatic rings. The van der Waals surface area contributed by atoms with E-state index >= 15 is 0 Å². The van der Waals surface area contributed by atoms with Gasteiger partial charge in [-0.05, 0) is 68.5 Å². The molecule has 1 aromatic carbocycles. The van der Waals surface area contributed by atoms with Gasteiger partial charge in [0.1, 0.15) is 5.82 Å². The van der Waals surface area contributed by atoms with Crippen molar-refractivity contribution < 1.29 is 13.9 Å². The molecule has 1 aromatic heterocycles. The molecule has 0 saturated carbocycles. The second-order valence-corrected chi connectivity index (χ2v) is 8.78. The molecule has 0 radical (unpaired) electrons. The average molecular weight is 426 g/mol. The summed E-state index contributed by atoms with van der Waals surface area (Å²) in [6.45, 7) is 4.78. The second kappa shape index (κ2) is 10.8. The van der Waals surface area contributed by atoms with Gasteiger partial charge in [-0.25, -0.2) is 4.39 Å². The third-order valence-corrected chi connectivity index (χ3v) is 6.44. The maximum absolute atomic E-state index is 14.0. The molecule has 1 amide bonds. The number of ether oxygens (including phenoxy) is 1. The van der Waals surface area contributed by atoms with Crippen LogP contribution >= 0.6 is 0 Å². The quantitative estimate of drug-likeness (QED) is 0.647. The van der Waals surface area contributed by atoms with Gasteiger partial charge in [0.05, 0.1) is 12.5 Å². The zero-order valence-corrected chi connectivity index (χ0v) is 18.1. The second-order valence-electron chi connectivity index (χ2n) is 8.78. The van der Waals surface area contributed by atoms with Crippen LogP contribution in [-0.2, 0) is 22.5 Å². The topological polar surface area (TPSA) is 45.7 Å². The third kappa shape index (κ3) is 6.34. The summed E-state index contributed by atoms with van der Waals surface area (Å²) in [4.78, 5) is 21.5. The van der Waals surface area contributed by atoms with Gasteiger partial charge in [-0.2, -0.15) is 0 Å². The van der Waals surface area contributed by atoms with Crippen LogP contribution in [0, 0.1) is 11.7 Å². The third-order valence-electron chi connectivity index (χ3n) is 6.44. The summed E-state index contributed by atoms with van der Waals surface area (Å²) in [6.07, 6.45) is 8.18. The van der Waals surface area contributed by atoms with Crippen LogP contribution in [0.2, 0.25) is 0 Å².